The zero-order valence-electron chi connectivity index (χ0n) is 12.7. The molecule has 3 heterocycles. The van der Waals surface area contributed by atoms with Crippen molar-refractivity contribution in [3.63, 3.8) is 0 Å². The van der Waals surface area contributed by atoms with Gasteiger partial charge in [-0.3, -0.25) is 4.90 Å². The van der Waals surface area contributed by atoms with E-state index in [4.69, 9.17) is 5.73 Å². The summed E-state index contributed by atoms with van der Waals surface area (Å²) in [6.45, 7) is 5.84. The van der Waals surface area contributed by atoms with Gasteiger partial charge < -0.3 is 10.6 Å². The fourth-order valence-electron chi connectivity index (χ4n) is 4.22. The molecule has 1 aromatic heterocycles. The van der Waals surface area contributed by atoms with E-state index in [2.05, 4.69) is 40.6 Å². The van der Waals surface area contributed by atoms with E-state index in [0.29, 0.717) is 6.04 Å². The van der Waals surface area contributed by atoms with Crippen LogP contribution in [0.4, 0.5) is 0 Å². The van der Waals surface area contributed by atoms with Crippen LogP contribution in [0.2, 0.25) is 0 Å². The van der Waals surface area contributed by atoms with Crippen molar-refractivity contribution >= 4 is 11.3 Å². The number of nitrogens with zero attached hydrogens (tertiary/aromatic N) is 2. The summed E-state index contributed by atoms with van der Waals surface area (Å²) in [5, 5.41) is 4.44. The maximum absolute atomic E-state index is 6.31. The number of hydrogen-bond acceptors (Lipinski definition) is 4. The highest BCUT2D eigenvalue weighted by molar-refractivity contribution is 7.07. The molecule has 4 atom stereocenters. The van der Waals surface area contributed by atoms with Crippen LogP contribution in [0.25, 0.3) is 0 Å². The molecule has 1 aromatic rings. The highest BCUT2D eigenvalue weighted by Gasteiger charge is 2.37. The smallest absolute Gasteiger partial charge is 0.0504 e. The second-order valence-corrected chi connectivity index (χ2v) is 7.37. The van der Waals surface area contributed by atoms with E-state index < -0.39 is 0 Å². The van der Waals surface area contributed by atoms with E-state index >= 15 is 0 Å². The Hall–Kier alpha value is -0.420. The van der Waals surface area contributed by atoms with Gasteiger partial charge in [0.05, 0.1) is 6.04 Å². The van der Waals surface area contributed by atoms with Crippen LogP contribution in [-0.2, 0) is 0 Å². The summed E-state index contributed by atoms with van der Waals surface area (Å²) < 4.78 is 0. The minimum Gasteiger partial charge on any atom is -0.326 e. The molecule has 20 heavy (non-hydrogen) atoms. The maximum atomic E-state index is 6.31. The SMILES string of the molecule is CC(N)C(c1ccsc1)N1CCC2C(CCCN2C)C1. The second-order valence-electron chi connectivity index (χ2n) is 6.59. The molecule has 4 unspecified atom stereocenters. The van der Waals surface area contributed by atoms with Crippen LogP contribution in [-0.4, -0.2) is 48.6 Å². The molecule has 2 N–H and O–H groups in total. The Bertz CT molecular complexity index is 417. The van der Waals surface area contributed by atoms with Gasteiger partial charge in [0, 0.05) is 25.2 Å². The average Bonchev–Trinajstić information content (AvgIpc) is 2.92. The predicted molar refractivity (Wildman–Crippen MR) is 86.0 cm³/mol. The van der Waals surface area contributed by atoms with Crippen molar-refractivity contribution in [3.8, 4) is 0 Å². The zero-order valence-corrected chi connectivity index (χ0v) is 13.5. The minimum atomic E-state index is 0.197. The van der Waals surface area contributed by atoms with Crippen LogP contribution in [0.5, 0.6) is 0 Å². The van der Waals surface area contributed by atoms with Gasteiger partial charge in [-0.15, -0.1) is 0 Å². The normalized spacial score (nSPS) is 31.8. The predicted octanol–water partition coefficient (Wildman–Crippen LogP) is 2.55. The lowest BCUT2D eigenvalue weighted by molar-refractivity contribution is 0.0155. The molecule has 3 rings (SSSR count). The molecule has 0 aliphatic carbocycles. The first-order chi connectivity index (χ1) is 9.66. The number of piperidine rings is 2. The fraction of sp³-hybridized carbons (Fsp3) is 0.750. The standard InChI is InChI=1S/C16H27N3S/c1-12(17)16(14-6-9-20-11-14)19-8-5-15-13(10-19)4-3-7-18(15)2/h6,9,11-13,15-16H,3-5,7-8,10,17H2,1-2H3. The molecule has 112 valence electrons. The number of likely N-dealkylation sites (tertiary alicyclic amines) is 2. The molecule has 2 saturated heterocycles. The van der Waals surface area contributed by atoms with Crippen molar-refractivity contribution < 1.29 is 0 Å². The molecule has 4 heteroatoms. The summed E-state index contributed by atoms with van der Waals surface area (Å²) in [5.74, 6) is 0.836. The van der Waals surface area contributed by atoms with Gasteiger partial charge in [-0.25, -0.2) is 0 Å². The highest BCUT2D eigenvalue weighted by Crippen LogP contribution is 2.35. The van der Waals surface area contributed by atoms with E-state index in [1.54, 1.807) is 11.3 Å². The molecule has 0 radical (unpaired) electrons. The van der Waals surface area contributed by atoms with Crippen LogP contribution in [0.15, 0.2) is 16.8 Å². The molecule has 2 fully saturated rings. The molecular formula is C16H27N3S. The Kier molecular flexibility index (Phi) is 4.46. The topological polar surface area (TPSA) is 32.5 Å². The van der Waals surface area contributed by atoms with E-state index in [1.165, 1.54) is 44.5 Å². The van der Waals surface area contributed by atoms with Gasteiger partial charge in [-0.1, -0.05) is 0 Å². The first-order valence-electron chi connectivity index (χ1n) is 7.89. The van der Waals surface area contributed by atoms with Crippen molar-refractivity contribution in [2.75, 3.05) is 26.7 Å². The Balaban J connectivity index is 1.74. The Labute approximate surface area is 126 Å². The summed E-state index contributed by atoms with van der Waals surface area (Å²) in [4.78, 5) is 5.23. The lowest BCUT2D eigenvalue weighted by Crippen LogP contribution is -2.54. The molecule has 2 aliphatic heterocycles. The van der Waals surface area contributed by atoms with Crippen LogP contribution < -0.4 is 5.73 Å². The molecule has 0 saturated carbocycles. The number of rotatable bonds is 3. The number of nitrogens with two attached hydrogens (primary N) is 1. The largest absolute Gasteiger partial charge is 0.326 e. The maximum Gasteiger partial charge on any atom is 0.0504 e. The van der Waals surface area contributed by atoms with Gasteiger partial charge in [0.15, 0.2) is 0 Å². The summed E-state index contributed by atoms with van der Waals surface area (Å²) in [6, 6.07) is 3.64. The van der Waals surface area contributed by atoms with E-state index in [1.807, 2.05) is 0 Å². The quantitative estimate of drug-likeness (QED) is 0.929. The van der Waals surface area contributed by atoms with Crippen LogP contribution in [0.3, 0.4) is 0 Å². The Morgan fingerprint density at radius 2 is 2.20 bits per heavy atom. The Morgan fingerprint density at radius 1 is 1.35 bits per heavy atom. The third-order valence-electron chi connectivity index (χ3n) is 5.15. The molecule has 0 aromatic carbocycles. The zero-order chi connectivity index (χ0) is 14.1. The highest BCUT2D eigenvalue weighted by atomic mass is 32.1. The molecule has 0 amide bonds. The summed E-state index contributed by atoms with van der Waals surface area (Å²) in [6.07, 6.45) is 4.04. The van der Waals surface area contributed by atoms with Crippen molar-refractivity contribution in [2.24, 2.45) is 11.7 Å². The lowest BCUT2D eigenvalue weighted by Gasteiger charge is -2.48. The molecule has 3 nitrogen and oxygen atoms in total. The third kappa shape index (κ3) is 2.80. The molecule has 0 bridgehead atoms. The Morgan fingerprint density at radius 3 is 2.90 bits per heavy atom. The van der Waals surface area contributed by atoms with E-state index in [9.17, 15) is 0 Å². The number of fused-ring (bicyclic) bond motifs is 1. The van der Waals surface area contributed by atoms with Gasteiger partial charge in [0.25, 0.3) is 0 Å². The van der Waals surface area contributed by atoms with Crippen molar-refractivity contribution in [1.82, 2.24) is 9.80 Å². The van der Waals surface area contributed by atoms with E-state index in [-0.39, 0.29) is 6.04 Å². The first kappa shape index (κ1) is 14.5. The first-order valence-corrected chi connectivity index (χ1v) is 8.83. The summed E-state index contributed by atoms with van der Waals surface area (Å²) >= 11 is 1.78. The van der Waals surface area contributed by atoms with Crippen molar-refractivity contribution in [1.29, 1.82) is 0 Å². The second kappa shape index (κ2) is 6.14. The molecule has 2 aliphatic rings. The van der Waals surface area contributed by atoms with Gasteiger partial charge >= 0.3 is 0 Å². The van der Waals surface area contributed by atoms with Crippen molar-refractivity contribution in [2.45, 2.75) is 44.3 Å². The molecular weight excluding hydrogens is 266 g/mol. The molecule has 0 spiro atoms. The average molecular weight is 293 g/mol. The van der Waals surface area contributed by atoms with Crippen LogP contribution in [0, 0.1) is 5.92 Å². The van der Waals surface area contributed by atoms with Crippen LogP contribution in [0.1, 0.15) is 37.8 Å². The summed E-state index contributed by atoms with van der Waals surface area (Å²) in [7, 11) is 2.30. The lowest BCUT2D eigenvalue weighted by atomic mass is 9.83. The van der Waals surface area contributed by atoms with Crippen molar-refractivity contribution in [3.05, 3.63) is 22.4 Å². The van der Waals surface area contributed by atoms with Gasteiger partial charge in [-0.2, -0.15) is 11.3 Å². The number of hydrogen-bond donors (Lipinski definition) is 1. The van der Waals surface area contributed by atoms with Gasteiger partial charge in [-0.05, 0) is 68.1 Å². The fourth-order valence-corrected chi connectivity index (χ4v) is 4.91. The van der Waals surface area contributed by atoms with Gasteiger partial charge in [0.1, 0.15) is 0 Å². The number of thiophene rings is 1. The monoisotopic (exact) mass is 293 g/mol. The van der Waals surface area contributed by atoms with E-state index in [0.717, 1.165) is 12.0 Å². The van der Waals surface area contributed by atoms with Gasteiger partial charge in [0.2, 0.25) is 0 Å². The van der Waals surface area contributed by atoms with Crippen LogP contribution >= 0.6 is 11.3 Å². The minimum absolute atomic E-state index is 0.197. The summed E-state index contributed by atoms with van der Waals surface area (Å²) in [5.41, 5.74) is 7.72. The third-order valence-corrected chi connectivity index (χ3v) is 5.85.